The SMILES string of the molecule is CCCCCCCCCCCCCCOc1c(C(C)=O)cccc1C(=O)Nc1ccc(CN2C=C(C)SC2)cc1. The Morgan fingerprint density at radius 1 is 0.850 bits per heavy atom. The number of anilines is 1. The summed E-state index contributed by atoms with van der Waals surface area (Å²) in [5.74, 6) is 0.989. The Morgan fingerprint density at radius 2 is 1.45 bits per heavy atom. The Hall–Kier alpha value is -2.73. The summed E-state index contributed by atoms with van der Waals surface area (Å²) in [5, 5.41) is 2.98. The summed E-state index contributed by atoms with van der Waals surface area (Å²) >= 11 is 1.85. The summed E-state index contributed by atoms with van der Waals surface area (Å²) in [7, 11) is 0. The first-order chi connectivity index (χ1) is 19.5. The number of hydrogen-bond donors (Lipinski definition) is 1. The maximum atomic E-state index is 13.2. The van der Waals surface area contributed by atoms with Gasteiger partial charge in [0.15, 0.2) is 5.78 Å². The first-order valence-electron chi connectivity index (χ1n) is 15.2. The third kappa shape index (κ3) is 11.0. The van der Waals surface area contributed by atoms with E-state index in [-0.39, 0.29) is 11.7 Å². The van der Waals surface area contributed by atoms with Crippen molar-refractivity contribution >= 4 is 29.1 Å². The number of carbonyl (C=O) groups is 2. The van der Waals surface area contributed by atoms with Gasteiger partial charge in [-0.2, -0.15) is 0 Å². The van der Waals surface area contributed by atoms with Crippen LogP contribution in [0, 0.1) is 0 Å². The fourth-order valence-corrected chi connectivity index (χ4v) is 5.76. The Balaban J connectivity index is 1.44. The number of ketones is 1. The monoisotopic (exact) mass is 564 g/mol. The number of rotatable bonds is 19. The molecule has 1 heterocycles. The van der Waals surface area contributed by atoms with Crippen LogP contribution in [0.4, 0.5) is 5.69 Å². The molecule has 0 unspecified atom stereocenters. The van der Waals surface area contributed by atoms with Crippen molar-refractivity contribution < 1.29 is 14.3 Å². The summed E-state index contributed by atoms with van der Waals surface area (Å²) in [6, 6.07) is 13.1. The average Bonchev–Trinajstić information content (AvgIpc) is 3.36. The van der Waals surface area contributed by atoms with E-state index in [1.165, 1.54) is 81.6 Å². The van der Waals surface area contributed by atoms with Gasteiger partial charge in [-0.25, -0.2) is 0 Å². The van der Waals surface area contributed by atoms with Crippen LogP contribution in [-0.2, 0) is 6.54 Å². The van der Waals surface area contributed by atoms with Crippen molar-refractivity contribution in [3.8, 4) is 5.75 Å². The van der Waals surface area contributed by atoms with Gasteiger partial charge in [-0.3, -0.25) is 9.59 Å². The molecule has 0 aromatic heterocycles. The van der Waals surface area contributed by atoms with Crippen LogP contribution >= 0.6 is 11.8 Å². The van der Waals surface area contributed by atoms with Gasteiger partial charge in [0.2, 0.25) is 0 Å². The molecule has 0 aliphatic carbocycles. The third-order valence-electron chi connectivity index (χ3n) is 7.30. The molecule has 0 atom stereocenters. The van der Waals surface area contributed by atoms with Crippen LogP contribution in [-0.4, -0.2) is 29.1 Å². The second-order valence-electron chi connectivity index (χ2n) is 10.9. The molecule has 2 aromatic rings. The number of thioether (sulfide) groups is 1. The standard InChI is InChI=1S/C34H48N2O3S/c1-4-5-6-7-8-9-10-11-12-13-14-15-23-39-33-31(28(3)37)17-16-18-32(33)34(38)35-30-21-19-29(20-22-30)25-36-24-27(2)40-26-36/h16-22,24H,4-15,23,25-26H2,1-3H3,(H,35,38). The number of allylic oxidation sites excluding steroid dienone is 1. The fourth-order valence-electron chi connectivity index (χ4n) is 5.00. The minimum absolute atomic E-state index is 0.104. The van der Waals surface area contributed by atoms with E-state index >= 15 is 0 Å². The number of nitrogens with zero attached hydrogens (tertiary/aromatic N) is 1. The van der Waals surface area contributed by atoms with E-state index in [9.17, 15) is 9.59 Å². The molecule has 2 aromatic carbocycles. The lowest BCUT2D eigenvalue weighted by Crippen LogP contribution is -2.16. The fraction of sp³-hybridized carbons (Fsp3) is 0.529. The summed E-state index contributed by atoms with van der Waals surface area (Å²) in [5.41, 5.74) is 2.75. The first-order valence-corrected chi connectivity index (χ1v) is 16.2. The molecule has 1 N–H and O–H groups in total. The van der Waals surface area contributed by atoms with Crippen LogP contribution in [0.2, 0.25) is 0 Å². The zero-order chi connectivity index (χ0) is 28.6. The van der Waals surface area contributed by atoms with Gasteiger partial charge >= 0.3 is 0 Å². The Morgan fingerprint density at radius 3 is 2.02 bits per heavy atom. The lowest BCUT2D eigenvalue weighted by molar-refractivity contribution is 0.101. The van der Waals surface area contributed by atoms with Gasteiger partial charge in [0.05, 0.1) is 23.6 Å². The van der Waals surface area contributed by atoms with E-state index in [0.29, 0.717) is 23.5 Å². The van der Waals surface area contributed by atoms with Gasteiger partial charge in [0, 0.05) is 18.4 Å². The van der Waals surface area contributed by atoms with E-state index in [0.717, 1.165) is 31.0 Å². The molecule has 0 saturated heterocycles. The van der Waals surface area contributed by atoms with Crippen molar-refractivity contribution in [2.24, 2.45) is 0 Å². The van der Waals surface area contributed by atoms with Crippen LogP contribution in [0.1, 0.15) is 124 Å². The van der Waals surface area contributed by atoms with Crippen molar-refractivity contribution in [2.45, 2.75) is 104 Å². The zero-order valence-corrected chi connectivity index (χ0v) is 25.6. The van der Waals surface area contributed by atoms with Crippen LogP contribution < -0.4 is 10.1 Å². The zero-order valence-electron chi connectivity index (χ0n) is 24.8. The molecular formula is C34H48N2O3S. The van der Waals surface area contributed by atoms with E-state index in [1.807, 2.05) is 36.0 Å². The summed E-state index contributed by atoms with van der Waals surface area (Å²) in [6.45, 7) is 7.25. The molecule has 0 fully saturated rings. The molecule has 0 saturated carbocycles. The second-order valence-corrected chi connectivity index (χ2v) is 12.1. The quantitative estimate of drug-likeness (QED) is 0.136. The number of amides is 1. The van der Waals surface area contributed by atoms with Gasteiger partial charge in [0.1, 0.15) is 5.75 Å². The number of benzene rings is 2. The highest BCUT2D eigenvalue weighted by molar-refractivity contribution is 8.03. The number of para-hydroxylation sites is 1. The van der Waals surface area contributed by atoms with E-state index in [1.54, 1.807) is 18.2 Å². The molecule has 0 spiro atoms. The molecule has 1 amide bonds. The normalized spacial score (nSPS) is 12.9. The van der Waals surface area contributed by atoms with Crippen LogP contribution in [0.5, 0.6) is 5.75 Å². The molecule has 6 heteroatoms. The molecule has 0 radical (unpaired) electrons. The van der Waals surface area contributed by atoms with Crippen molar-refractivity contribution in [3.05, 3.63) is 70.3 Å². The lowest BCUT2D eigenvalue weighted by atomic mass is 10.0. The smallest absolute Gasteiger partial charge is 0.259 e. The van der Waals surface area contributed by atoms with Gasteiger partial charge in [-0.05, 0) is 55.0 Å². The third-order valence-corrected chi connectivity index (χ3v) is 8.32. The average molecular weight is 565 g/mol. The second kappa shape index (κ2) is 17.9. The summed E-state index contributed by atoms with van der Waals surface area (Å²) < 4.78 is 6.09. The number of carbonyl (C=O) groups excluding carboxylic acids is 2. The number of unbranched alkanes of at least 4 members (excludes halogenated alkanes) is 11. The highest BCUT2D eigenvalue weighted by atomic mass is 32.2. The highest BCUT2D eigenvalue weighted by Gasteiger charge is 2.19. The topological polar surface area (TPSA) is 58.6 Å². The van der Waals surface area contributed by atoms with Gasteiger partial charge in [-0.15, -0.1) is 11.8 Å². The largest absolute Gasteiger partial charge is 0.492 e. The number of hydrogen-bond acceptors (Lipinski definition) is 5. The number of nitrogens with one attached hydrogen (secondary N) is 1. The van der Waals surface area contributed by atoms with Crippen molar-refractivity contribution in [3.63, 3.8) is 0 Å². The molecule has 0 bridgehead atoms. The number of Topliss-reactive ketones (excluding diaryl/α,β-unsaturated/α-hetero) is 1. The highest BCUT2D eigenvalue weighted by Crippen LogP contribution is 2.28. The molecular weight excluding hydrogens is 516 g/mol. The van der Waals surface area contributed by atoms with Gasteiger partial charge in [0.25, 0.3) is 5.91 Å². The molecule has 1 aliphatic heterocycles. The maximum Gasteiger partial charge on any atom is 0.259 e. The van der Waals surface area contributed by atoms with Gasteiger partial charge < -0.3 is 15.0 Å². The van der Waals surface area contributed by atoms with Crippen molar-refractivity contribution in [1.82, 2.24) is 4.90 Å². The molecule has 40 heavy (non-hydrogen) atoms. The maximum absolute atomic E-state index is 13.2. The van der Waals surface area contributed by atoms with E-state index in [2.05, 4.69) is 30.3 Å². The molecule has 5 nitrogen and oxygen atoms in total. The summed E-state index contributed by atoms with van der Waals surface area (Å²) in [4.78, 5) is 29.1. The molecule has 3 rings (SSSR count). The van der Waals surface area contributed by atoms with Gasteiger partial charge in [-0.1, -0.05) is 95.8 Å². The lowest BCUT2D eigenvalue weighted by Gasteiger charge is -2.16. The Labute approximate surface area is 246 Å². The van der Waals surface area contributed by atoms with Crippen LogP contribution in [0.25, 0.3) is 0 Å². The Bertz CT molecular complexity index is 1100. The summed E-state index contributed by atoms with van der Waals surface area (Å²) in [6.07, 6.45) is 17.5. The van der Waals surface area contributed by atoms with E-state index in [4.69, 9.17) is 4.74 Å². The van der Waals surface area contributed by atoms with E-state index < -0.39 is 0 Å². The minimum atomic E-state index is -0.268. The predicted molar refractivity (Wildman–Crippen MR) is 169 cm³/mol. The minimum Gasteiger partial charge on any atom is -0.492 e. The molecule has 218 valence electrons. The van der Waals surface area contributed by atoms with Crippen molar-refractivity contribution in [2.75, 3.05) is 17.8 Å². The van der Waals surface area contributed by atoms with Crippen LogP contribution in [0.3, 0.4) is 0 Å². The first kappa shape index (κ1) is 31.8. The van der Waals surface area contributed by atoms with Crippen LogP contribution in [0.15, 0.2) is 53.6 Å². The van der Waals surface area contributed by atoms with Crippen molar-refractivity contribution in [1.29, 1.82) is 0 Å². The molecule has 1 aliphatic rings. The predicted octanol–water partition coefficient (Wildman–Crippen LogP) is 9.59. The number of ether oxygens (including phenoxy) is 1. The Kier molecular flexibility index (Phi) is 14.2.